The summed E-state index contributed by atoms with van der Waals surface area (Å²) in [5.41, 5.74) is 4.19. The van der Waals surface area contributed by atoms with Crippen molar-refractivity contribution >= 4 is 30.0 Å². The molecule has 0 aromatic heterocycles. The van der Waals surface area contributed by atoms with Crippen LogP contribution in [0.5, 0.6) is 5.75 Å². The number of benzene rings is 3. The highest BCUT2D eigenvalue weighted by Crippen LogP contribution is 2.35. The summed E-state index contributed by atoms with van der Waals surface area (Å²) >= 11 is 6.44. The predicted molar refractivity (Wildman–Crippen MR) is 119 cm³/mol. The Bertz CT molecular complexity index is 977. The fourth-order valence-electron chi connectivity index (χ4n) is 3.73. The molecule has 4 rings (SSSR count). The molecule has 1 heterocycles. The Balaban J connectivity index is 0.00000240. The van der Waals surface area contributed by atoms with Crippen LogP contribution in [0.25, 0.3) is 0 Å². The fourth-order valence-corrected chi connectivity index (χ4v) is 3.96. The molecule has 29 heavy (non-hydrogen) atoms. The highest BCUT2D eigenvalue weighted by molar-refractivity contribution is 6.32. The van der Waals surface area contributed by atoms with Crippen LogP contribution in [0.4, 0.5) is 0 Å². The second-order valence-electron chi connectivity index (χ2n) is 7.17. The van der Waals surface area contributed by atoms with Crippen molar-refractivity contribution in [2.45, 2.75) is 18.9 Å². The Hall–Kier alpha value is -2.33. The average Bonchev–Trinajstić information content (AvgIpc) is 2.88. The summed E-state index contributed by atoms with van der Waals surface area (Å²) in [7, 11) is 2.15. The van der Waals surface area contributed by atoms with Crippen LogP contribution in [0.15, 0.2) is 72.8 Å². The van der Waals surface area contributed by atoms with Gasteiger partial charge in [-0.1, -0.05) is 60.1 Å². The van der Waals surface area contributed by atoms with Crippen LogP contribution < -0.4 is 4.74 Å². The zero-order chi connectivity index (χ0) is 19.5. The van der Waals surface area contributed by atoms with Crippen molar-refractivity contribution in [3.63, 3.8) is 0 Å². The number of ether oxygens (including phenoxy) is 1. The summed E-state index contributed by atoms with van der Waals surface area (Å²) in [6.45, 7) is 0.950. The minimum Gasteiger partial charge on any atom is -0.421 e. The first-order chi connectivity index (χ1) is 13.6. The van der Waals surface area contributed by atoms with Gasteiger partial charge in [0.15, 0.2) is 0 Å². The molecule has 150 valence electrons. The van der Waals surface area contributed by atoms with Crippen LogP contribution in [0, 0.1) is 0 Å². The number of esters is 1. The topological polar surface area (TPSA) is 29.5 Å². The van der Waals surface area contributed by atoms with Crippen LogP contribution in [0.1, 0.15) is 33.1 Å². The SMILES string of the molecule is CN1CCc2cc(Cl)c(OC(=O)c3ccccc3)cc2C[C@H]1c1ccccc1.Cl. The van der Waals surface area contributed by atoms with Gasteiger partial charge in [-0.05, 0) is 60.8 Å². The Labute approximate surface area is 182 Å². The lowest BCUT2D eigenvalue weighted by atomic mass is 9.96. The highest BCUT2D eigenvalue weighted by atomic mass is 35.5. The van der Waals surface area contributed by atoms with Gasteiger partial charge in [-0.15, -0.1) is 12.4 Å². The fraction of sp³-hybridized carbons (Fsp3) is 0.208. The summed E-state index contributed by atoms with van der Waals surface area (Å²) in [5, 5.41) is 0.476. The van der Waals surface area contributed by atoms with Crippen molar-refractivity contribution in [2.24, 2.45) is 0 Å². The summed E-state index contributed by atoms with van der Waals surface area (Å²) < 4.78 is 5.62. The molecule has 0 fully saturated rings. The van der Waals surface area contributed by atoms with Gasteiger partial charge in [-0.25, -0.2) is 4.79 Å². The van der Waals surface area contributed by atoms with Crippen molar-refractivity contribution in [3.05, 3.63) is 100 Å². The minimum atomic E-state index is -0.396. The van der Waals surface area contributed by atoms with Gasteiger partial charge in [0.1, 0.15) is 5.75 Å². The normalized spacial score (nSPS) is 16.3. The number of nitrogens with zero attached hydrogens (tertiary/aromatic N) is 1. The number of carbonyl (C=O) groups excluding carboxylic acids is 1. The summed E-state index contributed by atoms with van der Waals surface area (Å²) in [6.07, 6.45) is 1.77. The van der Waals surface area contributed by atoms with E-state index >= 15 is 0 Å². The Morgan fingerprint density at radius 2 is 1.66 bits per heavy atom. The number of fused-ring (bicyclic) bond motifs is 1. The van der Waals surface area contributed by atoms with Gasteiger partial charge in [0.05, 0.1) is 10.6 Å². The first-order valence-corrected chi connectivity index (χ1v) is 9.83. The maximum atomic E-state index is 12.5. The van der Waals surface area contributed by atoms with Crippen molar-refractivity contribution in [3.8, 4) is 5.75 Å². The number of carbonyl (C=O) groups is 1. The van der Waals surface area contributed by atoms with Crippen LogP contribution in [0.2, 0.25) is 5.02 Å². The number of hydrogen-bond acceptors (Lipinski definition) is 3. The third kappa shape index (κ3) is 4.81. The lowest BCUT2D eigenvalue weighted by Crippen LogP contribution is -2.26. The van der Waals surface area contributed by atoms with E-state index < -0.39 is 5.97 Å². The molecule has 1 atom stereocenters. The molecule has 0 radical (unpaired) electrons. The van der Waals surface area contributed by atoms with E-state index in [9.17, 15) is 4.79 Å². The predicted octanol–water partition coefficient (Wildman–Crippen LogP) is 5.75. The first kappa shape index (κ1) is 21.4. The first-order valence-electron chi connectivity index (χ1n) is 9.45. The van der Waals surface area contributed by atoms with Gasteiger partial charge in [0, 0.05) is 12.6 Å². The smallest absolute Gasteiger partial charge is 0.343 e. The summed E-state index contributed by atoms with van der Waals surface area (Å²) in [6, 6.07) is 23.7. The van der Waals surface area contributed by atoms with Crippen molar-refractivity contribution in [1.29, 1.82) is 0 Å². The van der Waals surface area contributed by atoms with E-state index in [1.54, 1.807) is 12.1 Å². The maximum Gasteiger partial charge on any atom is 0.343 e. The average molecular weight is 428 g/mol. The zero-order valence-corrected chi connectivity index (χ0v) is 17.7. The van der Waals surface area contributed by atoms with Gasteiger partial charge in [0.25, 0.3) is 0 Å². The molecule has 0 saturated carbocycles. The van der Waals surface area contributed by atoms with Gasteiger partial charge in [0.2, 0.25) is 0 Å². The Morgan fingerprint density at radius 3 is 2.34 bits per heavy atom. The molecule has 0 saturated heterocycles. The molecule has 0 bridgehead atoms. The molecule has 0 aliphatic carbocycles. The lowest BCUT2D eigenvalue weighted by Gasteiger charge is -2.26. The van der Waals surface area contributed by atoms with Crippen molar-refractivity contribution in [1.82, 2.24) is 4.90 Å². The lowest BCUT2D eigenvalue weighted by molar-refractivity contribution is 0.0734. The van der Waals surface area contributed by atoms with E-state index in [0.29, 0.717) is 16.3 Å². The number of likely N-dealkylation sites (N-methyl/N-ethyl adjacent to an activating group) is 1. The monoisotopic (exact) mass is 427 g/mol. The minimum absolute atomic E-state index is 0. The van der Waals surface area contributed by atoms with Crippen LogP contribution in [-0.2, 0) is 12.8 Å². The molecule has 0 unspecified atom stereocenters. The van der Waals surface area contributed by atoms with Crippen molar-refractivity contribution < 1.29 is 9.53 Å². The second kappa shape index (κ2) is 9.45. The summed E-state index contributed by atoms with van der Waals surface area (Å²) in [4.78, 5) is 14.8. The molecular formula is C24H23Cl2NO2. The Kier molecular flexibility index (Phi) is 6.96. The zero-order valence-electron chi connectivity index (χ0n) is 16.2. The van der Waals surface area contributed by atoms with Crippen LogP contribution >= 0.6 is 24.0 Å². The number of rotatable bonds is 3. The number of halogens is 2. The van der Waals surface area contributed by atoms with E-state index in [1.165, 1.54) is 16.7 Å². The molecule has 5 heteroatoms. The molecule has 3 aromatic carbocycles. The van der Waals surface area contributed by atoms with E-state index in [-0.39, 0.29) is 18.4 Å². The van der Waals surface area contributed by atoms with E-state index in [2.05, 4.69) is 36.2 Å². The van der Waals surface area contributed by atoms with Gasteiger partial charge < -0.3 is 4.74 Å². The maximum absolute atomic E-state index is 12.5. The second-order valence-corrected chi connectivity index (χ2v) is 7.58. The molecule has 3 nitrogen and oxygen atoms in total. The molecular weight excluding hydrogens is 405 g/mol. The van der Waals surface area contributed by atoms with Crippen LogP contribution in [0.3, 0.4) is 0 Å². The molecule has 1 aliphatic heterocycles. The van der Waals surface area contributed by atoms with E-state index in [1.807, 2.05) is 36.4 Å². The van der Waals surface area contributed by atoms with Gasteiger partial charge in [-0.3, -0.25) is 4.90 Å². The van der Waals surface area contributed by atoms with Gasteiger partial charge in [-0.2, -0.15) is 0 Å². The largest absolute Gasteiger partial charge is 0.421 e. The third-order valence-electron chi connectivity index (χ3n) is 5.33. The van der Waals surface area contributed by atoms with Gasteiger partial charge >= 0.3 is 5.97 Å². The quantitative estimate of drug-likeness (QED) is 0.393. The van der Waals surface area contributed by atoms with Crippen LogP contribution in [-0.4, -0.2) is 24.5 Å². The number of hydrogen-bond donors (Lipinski definition) is 0. The third-order valence-corrected chi connectivity index (χ3v) is 5.63. The molecule has 1 aliphatic rings. The molecule has 3 aromatic rings. The summed E-state index contributed by atoms with van der Waals surface area (Å²) in [5.74, 6) is 0.0263. The highest BCUT2D eigenvalue weighted by Gasteiger charge is 2.24. The Morgan fingerprint density at radius 1 is 1.00 bits per heavy atom. The molecule has 0 spiro atoms. The molecule has 0 N–H and O–H groups in total. The van der Waals surface area contributed by atoms with E-state index in [4.69, 9.17) is 16.3 Å². The van der Waals surface area contributed by atoms with Crippen molar-refractivity contribution in [2.75, 3.05) is 13.6 Å². The van der Waals surface area contributed by atoms with E-state index in [0.717, 1.165) is 19.4 Å². The molecule has 0 amide bonds. The standard InChI is InChI=1S/C24H22ClNO2.ClH/c1-26-13-12-19-14-21(25)23(28-24(27)18-10-6-3-7-11-18)16-20(19)15-22(26)17-8-4-2-5-9-17;/h2-11,14,16,22H,12-13,15H2,1H3;1H/t22-;/m0./s1.